The Morgan fingerprint density at radius 2 is 1.79 bits per heavy atom. The van der Waals surface area contributed by atoms with Crippen molar-refractivity contribution in [3.05, 3.63) is 63.2 Å². The normalized spacial score (nSPS) is 12.2. The summed E-state index contributed by atoms with van der Waals surface area (Å²) in [5.41, 5.74) is 1.71. The summed E-state index contributed by atoms with van der Waals surface area (Å²) < 4.78 is 6.76. The molecule has 0 aliphatic rings. The number of nitrogens with zero attached hydrogens (tertiary/aromatic N) is 1. The number of hydrogen-bond donors (Lipinski definition) is 1. The maximum absolute atomic E-state index is 13.0. The molecule has 1 atom stereocenters. The van der Waals surface area contributed by atoms with E-state index in [0.29, 0.717) is 12.3 Å². The Labute approximate surface area is 187 Å². The molecule has 0 radical (unpaired) electrons. The summed E-state index contributed by atoms with van der Waals surface area (Å²) in [6.07, 6.45) is 0. The second kappa shape index (κ2) is 10.1. The largest absolute Gasteiger partial charge is 0.484 e. The molecule has 0 saturated heterocycles. The van der Waals surface area contributed by atoms with E-state index in [1.165, 1.54) is 0 Å². The van der Waals surface area contributed by atoms with E-state index < -0.39 is 6.04 Å². The molecule has 2 rings (SSSR count). The Balaban J connectivity index is 2.16. The number of carbonyl (C=O) groups excluding carboxylic acids is 2. The molecule has 1 N–H and O–H groups in total. The highest BCUT2D eigenvalue weighted by atomic mass is 127. The quantitative estimate of drug-likeness (QED) is 0.568. The molecule has 0 spiro atoms. The molecule has 0 unspecified atom stereocenters. The van der Waals surface area contributed by atoms with Gasteiger partial charge in [-0.15, -0.1) is 0 Å². The number of hydrogen-bond acceptors (Lipinski definition) is 3. The lowest BCUT2D eigenvalue weighted by Crippen LogP contribution is -2.53. The number of amides is 2. The van der Waals surface area contributed by atoms with Crippen molar-refractivity contribution in [2.75, 3.05) is 6.61 Å². The summed E-state index contributed by atoms with van der Waals surface area (Å²) in [4.78, 5) is 27.3. The zero-order chi connectivity index (χ0) is 21.6. The van der Waals surface area contributed by atoms with Gasteiger partial charge in [-0.25, -0.2) is 0 Å². The van der Waals surface area contributed by atoms with Crippen molar-refractivity contribution in [2.45, 2.75) is 52.7 Å². The number of aryl methyl sites for hydroxylation is 1. The summed E-state index contributed by atoms with van der Waals surface area (Å²) >= 11 is 2.22. The predicted molar refractivity (Wildman–Crippen MR) is 124 cm³/mol. The molecule has 2 aromatic carbocycles. The number of rotatable bonds is 7. The van der Waals surface area contributed by atoms with Gasteiger partial charge in [0.15, 0.2) is 6.61 Å². The van der Waals surface area contributed by atoms with Crippen LogP contribution in [0.5, 0.6) is 5.75 Å². The monoisotopic (exact) mass is 508 g/mol. The third kappa shape index (κ3) is 7.68. The lowest BCUT2D eigenvalue weighted by Gasteiger charge is -2.31. The first kappa shape index (κ1) is 23.2. The summed E-state index contributed by atoms with van der Waals surface area (Å²) in [7, 11) is 0. The third-order valence-corrected chi connectivity index (χ3v) is 5.00. The molecule has 0 bridgehead atoms. The average Bonchev–Trinajstić information content (AvgIpc) is 2.63. The highest BCUT2D eigenvalue weighted by Crippen LogP contribution is 2.16. The zero-order valence-electron chi connectivity index (χ0n) is 17.7. The molecule has 0 saturated carbocycles. The molecule has 0 aliphatic carbocycles. The lowest BCUT2D eigenvalue weighted by atomic mass is 10.1. The van der Waals surface area contributed by atoms with Crippen LogP contribution in [-0.2, 0) is 16.1 Å². The van der Waals surface area contributed by atoms with Crippen LogP contribution in [0, 0.1) is 10.5 Å². The van der Waals surface area contributed by atoms with Crippen molar-refractivity contribution in [1.82, 2.24) is 10.2 Å². The second-order valence-electron chi connectivity index (χ2n) is 8.17. The van der Waals surface area contributed by atoms with E-state index in [9.17, 15) is 9.59 Å². The molecule has 156 valence electrons. The molecule has 0 aliphatic heterocycles. The van der Waals surface area contributed by atoms with Crippen LogP contribution in [0.25, 0.3) is 0 Å². The van der Waals surface area contributed by atoms with Crippen LogP contribution in [0.15, 0.2) is 48.5 Å². The van der Waals surface area contributed by atoms with Crippen molar-refractivity contribution in [3.63, 3.8) is 0 Å². The number of ether oxygens (including phenoxy) is 1. The molecular weight excluding hydrogens is 479 g/mol. The first-order valence-electron chi connectivity index (χ1n) is 9.60. The Hall–Kier alpha value is -2.09. The van der Waals surface area contributed by atoms with Gasteiger partial charge in [0.25, 0.3) is 5.91 Å². The minimum Gasteiger partial charge on any atom is -0.484 e. The van der Waals surface area contributed by atoms with Crippen molar-refractivity contribution >= 4 is 34.4 Å². The first-order chi connectivity index (χ1) is 13.5. The van der Waals surface area contributed by atoms with E-state index in [1.54, 1.807) is 11.8 Å². The third-order valence-electron chi connectivity index (χ3n) is 4.28. The minimum absolute atomic E-state index is 0.125. The Bertz CT molecular complexity index is 844. The van der Waals surface area contributed by atoms with Gasteiger partial charge in [0, 0.05) is 15.7 Å². The summed E-state index contributed by atoms with van der Waals surface area (Å²) in [5.74, 6) is 0.204. The van der Waals surface area contributed by atoms with Gasteiger partial charge in [0.2, 0.25) is 5.91 Å². The maximum atomic E-state index is 13.0. The zero-order valence-corrected chi connectivity index (χ0v) is 19.8. The van der Waals surface area contributed by atoms with Crippen molar-refractivity contribution in [3.8, 4) is 5.75 Å². The highest BCUT2D eigenvalue weighted by Gasteiger charge is 2.28. The SMILES string of the molecule is Cc1cccc(CN(C(=O)COc2ccc(I)cc2)[C@@H](C)C(=O)NC(C)(C)C)c1. The molecular formula is C23H29IN2O3. The molecule has 5 nitrogen and oxygen atoms in total. The van der Waals surface area contributed by atoms with Gasteiger partial charge in [0.05, 0.1) is 0 Å². The molecule has 0 aromatic heterocycles. The fraction of sp³-hybridized carbons (Fsp3) is 0.391. The topological polar surface area (TPSA) is 58.6 Å². The maximum Gasteiger partial charge on any atom is 0.261 e. The number of nitrogens with one attached hydrogen (secondary N) is 1. The van der Waals surface area contributed by atoms with Crippen LogP contribution < -0.4 is 10.1 Å². The van der Waals surface area contributed by atoms with Crippen LogP contribution in [0.2, 0.25) is 0 Å². The van der Waals surface area contributed by atoms with Crippen LogP contribution in [-0.4, -0.2) is 34.9 Å². The summed E-state index contributed by atoms with van der Waals surface area (Å²) in [6, 6.07) is 14.8. The van der Waals surface area contributed by atoms with Gasteiger partial charge in [0.1, 0.15) is 11.8 Å². The van der Waals surface area contributed by atoms with Gasteiger partial charge < -0.3 is 15.0 Å². The highest BCUT2D eigenvalue weighted by molar-refractivity contribution is 14.1. The van der Waals surface area contributed by atoms with Gasteiger partial charge in [-0.1, -0.05) is 29.8 Å². The fourth-order valence-electron chi connectivity index (χ4n) is 2.82. The molecule has 2 amide bonds. The number of halogens is 1. The number of benzene rings is 2. The van der Waals surface area contributed by atoms with E-state index in [-0.39, 0.29) is 24.0 Å². The molecule has 29 heavy (non-hydrogen) atoms. The molecule has 0 fully saturated rings. The summed E-state index contributed by atoms with van der Waals surface area (Å²) in [6.45, 7) is 9.73. The average molecular weight is 508 g/mol. The predicted octanol–water partition coefficient (Wildman–Crippen LogP) is 4.31. The van der Waals surface area contributed by atoms with E-state index in [0.717, 1.165) is 14.7 Å². The Morgan fingerprint density at radius 3 is 2.38 bits per heavy atom. The second-order valence-corrected chi connectivity index (χ2v) is 9.41. The van der Waals surface area contributed by atoms with Crippen LogP contribution in [0.4, 0.5) is 0 Å². The van der Waals surface area contributed by atoms with Gasteiger partial charge in [-0.05, 0) is 87.0 Å². The molecule has 6 heteroatoms. The summed E-state index contributed by atoms with van der Waals surface area (Å²) in [5, 5.41) is 2.96. The number of carbonyl (C=O) groups is 2. The van der Waals surface area contributed by atoms with Crippen molar-refractivity contribution in [2.24, 2.45) is 0 Å². The Morgan fingerprint density at radius 1 is 1.14 bits per heavy atom. The van der Waals surface area contributed by atoms with Crippen LogP contribution in [0.1, 0.15) is 38.8 Å². The van der Waals surface area contributed by atoms with E-state index in [1.807, 2.05) is 76.2 Å². The van der Waals surface area contributed by atoms with Crippen molar-refractivity contribution in [1.29, 1.82) is 0 Å². The van der Waals surface area contributed by atoms with E-state index >= 15 is 0 Å². The van der Waals surface area contributed by atoms with Gasteiger partial charge >= 0.3 is 0 Å². The van der Waals surface area contributed by atoms with Gasteiger partial charge in [-0.2, -0.15) is 0 Å². The standard InChI is InChI=1S/C23H29IN2O3/c1-16-7-6-8-18(13-16)14-26(17(2)22(28)25-23(3,4)5)21(27)15-29-20-11-9-19(24)10-12-20/h6-13,17H,14-15H2,1-5H3,(H,25,28)/t17-/m0/s1. The fourth-order valence-corrected chi connectivity index (χ4v) is 3.18. The minimum atomic E-state index is -0.623. The van der Waals surface area contributed by atoms with Crippen LogP contribution >= 0.6 is 22.6 Å². The smallest absolute Gasteiger partial charge is 0.261 e. The van der Waals surface area contributed by atoms with Crippen LogP contribution in [0.3, 0.4) is 0 Å². The molecule has 0 heterocycles. The Kier molecular flexibility index (Phi) is 8.07. The van der Waals surface area contributed by atoms with Gasteiger partial charge in [-0.3, -0.25) is 9.59 Å². The lowest BCUT2D eigenvalue weighted by molar-refractivity contribution is -0.142. The van der Waals surface area contributed by atoms with E-state index in [4.69, 9.17) is 4.74 Å². The van der Waals surface area contributed by atoms with Crippen molar-refractivity contribution < 1.29 is 14.3 Å². The molecule has 2 aromatic rings. The van der Waals surface area contributed by atoms with E-state index in [2.05, 4.69) is 27.9 Å². The first-order valence-corrected chi connectivity index (χ1v) is 10.7.